The number of primary amides is 1. The number of nitriles is 1. The predicted octanol–water partition coefficient (Wildman–Crippen LogP) is 1.50. The second-order valence-electron chi connectivity index (χ2n) is 2.94. The third-order valence-electron chi connectivity index (χ3n) is 1.79. The third-order valence-corrected chi connectivity index (χ3v) is 2.02. The molecule has 0 aliphatic rings. The van der Waals surface area contributed by atoms with E-state index < -0.39 is 0 Å². The second-order valence-corrected chi connectivity index (χ2v) is 3.38. The topological polar surface area (TPSA) is 78.9 Å². The fourth-order valence-electron chi connectivity index (χ4n) is 1.08. The summed E-state index contributed by atoms with van der Waals surface area (Å²) < 4.78 is 0. The zero-order valence-electron chi connectivity index (χ0n) is 7.96. The number of benzene rings is 1. The maximum absolute atomic E-state index is 10.5. The van der Waals surface area contributed by atoms with Crippen LogP contribution in [0.15, 0.2) is 18.2 Å². The number of carbonyl (C=O) groups is 1. The molecule has 0 unspecified atom stereocenters. The highest BCUT2D eigenvalue weighted by atomic mass is 35.5. The first-order chi connectivity index (χ1) is 7.13. The Labute approximate surface area is 92.6 Å². The Balaban J connectivity index is 2.71. The van der Waals surface area contributed by atoms with Gasteiger partial charge in [0.2, 0.25) is 5.91 Å². The summed E-state index contributed by atoms with van der Waals surface area (Å²) in [5.41, 5.74) is 6.09. The quantitative estimate of drug-likeness (QED) is 0.812. The van der Waals surface area contributed by atoms with Crippen molar-refractivity contribution in [2.75, 3.05) is 11.9 Å². The number of nitrogens with one attached hydrogen (secondary N) is 1. The number of anilines is 1. The lowest BCUT2D eigenvalue weighted by atomic mass is 10.2. The number of hydrogen-bond acceptors (Lipinski definition) is 3. The lowest BCUT2D eigenvalue weighted by Crippen LogP contribution is -2.16. The van der Waals surface area contributed by atoms with Crippen molar-refractivity contribution in [3.8, 4) is 6.07 Å². The highest BCUT2D eigenvalue weighted by Gasteiger charge is 2.02. The van der Waals surface area contributed by atoms with Gasteiger partial charge in [-0.3, -0.25) is 4.79 Å². The Bertz CT molecular complexity index is 412. The van der Waals surface area contributed by atoms with Crippen molar-refractivity contribution >= 4 is 23.2 Å². The van der Waals surface area contributed by atoms with E-state index in [0.29, 0.717) is 22.8 Å². The number of nitrogens with zero attached hydrogens (tertiary/aromatic N) is 1. The Hall–Kier alpha value is -1.73. The zero-order valence-corrected chi connectivity index (χ0v) is 8.71. The monoisotopic (exact) mass is 223 g/mol. The van der Waals surface area contributed by atoms with Crippen LogP contribution in [0.25, 0.3) is 0 Å². The van der Waals surface area contributed by atoms with Crippen LogP contribution in [0.2, 0.25) is 5.02 Å². The van der Waals surface area contributed by atoms with Crippen LogP contribution in [0.1, 0.15) is 12.0 Å². The van der Waals surface area contributed by atoms with Gasteiger partial charge < -0.3 is 11.1 Å². The molecule has 1 amide bonds. The first kappa shape index (κ1) is 11.3. The maximum atomic E-state index is 10.5. The van der Waals surface area contributed by atoms with E-state index in [0.717, 1.165) is 0 Å². The van der Waals surface area contributed by atoms with Crippen LogP contribution in [0, 0.1) is 11.3 Å². The molecule has 1 aromatic carbocycles. The van der Waals surface area contributed by atoms with E-state index in [9.17, 15) is 4.79 Å². The van der Waals surface area contributed by atoms with E-state index in [4.69, 9.17) is 22.6 Å². The van der Waals surface area contributed by atoms with Gasteiger partial charge in [-0.1, -0.05) is 11.6 Å². The van der Waals surface area contributed by atoms with E-state index in [2.05, 4.69) is 5.32 Å². The van der Waals surface area contributed by atoms with Gasteiger partial charge in [-0.2, -0.15) is 5.26 Å². The van der Waals surface area contributed by atoms with E-state index in [-0.39, 0.29) is 12.3 Å². The SMILES string of the molecule is N#Cc1ccc(Cl)cc1NCCC(N)=O. The molecule has 0 radical (unpaired) electrons. The van der Waals surface area contributed by atoms with Crippen LogP contribution in [-0.2, 0) is 4.79 Å². The van der Waals surface area contributed by atoms with Crippen LogP contribution in [0.4, 0.5) is 5.69 Å². The summed E-state index contributed by atoms with van der Waals surface area (Å²) in [7, 11) is 0. The van der Waals surface area contributed by atoms with Crippen LogP contribution >= 0.6 is 11.6 Å². The average Bonchev–Trinajstić information content (AvgIpc) is 2.17. The molecule has 0 bridgehead atoms. The maximum Gasteiger partial charge on any atom is 0.219 e. The van der Waals surface area contributed by atoms with Gasteiger partial charge in [0.05, 0.1) is 11.3 Å². The molecule has 0 aliphatic heterocycles. The smallest absolute Gasteiger partial charge is 0.219 e. The Morgan fingerprint density at radius 1 is 1.60 bits per heavy atom. The molecule has 78 valence electrons. The molecule has 1 aromatic rings. The molecule has 1 rings (SSSR count). The van der Waals surface area contributed by atoms with Gasteiger partial charge in [0.15, 0.2) is 0 Å². The van der Waals surface area contributed by atoms with E-state index in [1.54, 1.807) is 18.2 Å². The molecule has 0 saturated heterocycles. The molecule has 0 heterocycles. The molecule has 3 N–H and O–H groups in total. The van der Waals surface area contributed by atoms with Crippen LogP contribution in [0.5, 0.6) is 0 Å². The van der Waals surface area contributed by atoms with Crippen molar-refractivity contribution < 1.29 is 4.79 Å². The number of halogens is 1. The van der Waals surface area contributed by atoms with Gasteiger partial charge in [0.1, 0.15) is 6.07 Å². The molecule has 15 heavy (non-hydrogen) atoms. The average molecular weight is 224 g/mol. The molecule has 0 saturated carbocycles. The van der Waals surface area contributed by atoms with Gasteiger partial charge >= 0.3 is 0 Å². The predicted molar refractivity (Wildman–Crippen MR) is 58.5 cm³/mol. The molecule has 4 nitrogen and oxygen atoms in total. The standard InChI is InChI=1S/C10H10ClN3O/c11-8-2-1-7(6-12)9(5-8)14-4-3-10(13)15/h1-2,5,14H,3-4H2,(H2,13,15). The number of hydrogen-bond donors (Lipinski definition) is 2. The summed E-state index contributed by atoms with van der Waals surface area (Å²) in [6.45, 7) is 0.393. The van der Waals surface area contributed by atoms with Crippen LogP contribution in [-0.4, -0.2) is 12.5 Å². The van der Waals surface area contributed by atoms with Gasteiger partial charge in [0.25, 0.3) is 0 Å². The fraction of sp³-hybridized carbons (Fsp3) is 0.200. The molecule has 0 spiro atoms. The number of amides is 1. The summed E-state index contributed by atoms with van der Waals surface area (Å²) in [6, 6.07) is 6.92. The van der Waals surface area contributed by atoms with Gasteiger partial charge in [0, 0.05) is 18.0 Å². The highest BCUT2D eigenvalue weighted by Crippen LogP contribution is 2.20. The number of rotatable bonds is 4. The summed E-state index contributed by atoms with van der Waals surface area (Å²) >= 11 is 5.77. The molecular weight excluding hydrogens is 214 g/mol. The van der Waals surface area contributed by atoms with E-state index in [1.165, 1.54) is 0 Å². The second kappa shape index (κ2) is 5.23. The number of nitrogens with two attached hydrogens (primary N) is 1. The lowest BCUT2D eigenvalue weighted by molar-refractivity contribution is -0.117. The minimum absolute atomic E-state index is 0.220. The largest absolute Gasteiger partial charge is 0.383 e. The first-order valence-electron chi connectivity index (χ1n) is 4.35. The first-order valence-corrected chi connectivity index (χ1v) is 4.73. The van der Waals surface area contributed by atoms with Crippen molar-refractivity contribution in [1.82, 2.24) is 0 Å². The molecule has 0 atom stereocenters. The molecule has 5 heteroatoms. The van der Waals surface area contributed by atoms with Crippen LogP contribution < -0.4 is 11.1 Å². The Morgan fingerprint density at radius 2 is 2.33 bits per heavy atom. The Kier molecular flexibility index (Phi) is 3.95. The van der Waals surface area contributed by atoms with Gasteiger partial charge in [-0.25, -0.2) is 0 Å². The number of carbonyl (C=O) groups excluding carboxylic acids is 1. The van der Waals surface area contributed by atoms with Crippen LogP contribution in [0.3, 0.4) is 0 Å². The third kappa shape index (κ3) is 3.49. The Morgan fingerprint density at radius 3 is 2.93 bits per heavy atom. The molecule has 0 aromatic heterocycles. The van der Waals surface area contributed by atoms with Crippen molar-refractivity contribution in [1.29, 1.82) is 5.26 Å². The minimum atomic E-state index is -0.386. The summed E-state index contributed by atoms with van der Waals surface area (Å²) in [5.74, 6) is -0.386. The van der Waals surface area contributed by atoms with Crippen molar-refractivity contribution in [2.24, 2.45) is 5.73 Å². The summed E-state index contributed by atoms with van der Waals surface area (Å²) in [6.07, 6.45) is 0.220. The highest BCUT2D eigenvalue weighted by molar-refractivity contribution is 6.30. The van der Waals surface area contributed by atoms with Crippen molar-refractivity contribution in [2.45, 2.75) is 6.42 Å². The van der Waals surface area contributed by atoms with Gasteiger partial charge in [-0.05, 0) is 18.2 Å². The fourth-order valence-corrected chi connectivity index (χ4v) is 1.25. The normalized spacial score (nSPS) is 9.33. The lowest BCUT2D eigenvalue weighted by Gasteiger charge is -2.06. The molecule has 0 aliphatic carbocycles. The molecular formula is C10H10ClN3O. The van der Waals surface area contributed by atoms with E-state index >= 15 is 0 Å². The summed E-state index contributed by atoms with van der Waals surface area (Å²) in [4.78, 5) is 10.5. The molecule has 0 fully saturated rings. The zero-order chi connectivity index (χ0) is 11.3. The van der Waals surface area contributed by atoms with Crippen molar-refractivity contribution in [3.63, 3.8) is 0 Å². The minimum Gasteiger partial charge on any atom is -0.383 e. The van der Waals surface area contributed by atoms with Gasteiger partial charge in [-0.15, -0.1) is 0 Å². The summed E-state index contributed by atoms with van der Waals surface area (Å²) in [5, 5.41) is 12.3. The van der Waals surface area contributed by atoms with E-state index in [1.807, 2.05) is 6.07 Å². The van der Waals surface area contributed by atoms with Crippen molar-refractivity contribution in [3.05, 3.63) is 28.8 Å².